The van der Waals surface area contributed by atoms with Gasteiger partial charge in [0, 0.05) is 32.9 Å². The summed E-state index contributed by atoms with van der Waals surface area (Å²) >= 11 is 1.64. The number of hydrogen-bond donors (Lipinski definition) is 0. The van der Waals surface area contributed by atoms with Crippen molar-refractivity contribution in [3.05, 3.63) is 54.1 Å². The normalized spacial score (nSPS) is 9.67. The fraction of sp³-hybridized carbons (Fsp3) is 0.0909. The van der Waals surface area contributed by atoms with Crippen LogP contribution in [0.5, 0.6) is 0 Å². The fourth-order valence-electron chi connectivity index (χ4n) is 1.35. The Morgan fingerprint density at radius 1 is 1.53 bits per heavy atom. The molecule has 0 unspecified atom stereocenters. The first-order chi connectivity index (χ1) is 6.68. The predicted molar refractivity (Wildman–Crippen MR) is 61.0 cm³/mol. The molecule has 0 N–H and O–H groups in total. The number of aromatic nitrogens is 2. The summed E-state index contributed by atoms with van der Waals surface area (Å²) in [7, 11) is 1.99. The third kappa shape index (κ3) is 2.40. The van der Waals surface area contributed by atoms with Crippen LogP contribution in [0.15, 0.2) is 36.7 Å². The monoisotopic (exact) mass is 397 g/mol. The van der Waals surface area contributed by atoms with E-state index in [0.717, 1.165) is 16.1 Å². The minimum atomic E-state index is 0. The minimum absolute atomic E-state index is 0. The molecule has 0 aliphatic carbocycles. The maximum absolute atomic E-state index is 4.06. The van der Waals surface area contributed by atoms with E-state index in [1.807, 2.05) is 40.3 Å². The zero-order valence-electron chi connectivity index (χ0n) is 8.44. The fourth-order valence-corrected chi connectivity index (χ4v) is 2.03. The second-order valence-electron chi connectivity index (χ2n) is 3.19. The Balaban J connectivity index is 0.00000112. The number of rotatable bonds is 2. The number of hydrogen-bond acceptors (Lipinski definition) is 1. The van der Waals surface area contributed by atoms with Gasteiger partial charge in [-0.1, -0.05) is 5.56 Å². The van der Waals surface area contributed by atoms with E-state index < -0.39 is 0 Å². The van der Waals surface area contributed by atoms with E-state index in [0.29, 0.717) is 0 Å². The van der Waals surface area contributed by atoms with Crippen LogP contribution >= 0.6 is 11.3 Å². The van der Waals surface area contributed by atoms with Crippen molar-refractivity contribution in [2.45, 2.75) is 0 Å². The number of imidazole rings is 1. The van der Waals surface area contributed by atoms with Gasteiger partial charge < -0.3 is 0 Å². The van der Waals surface area contributed by atoms with Crippen molar-refractivity contribution < 1.29 is 20.1 Å². The topological polar surface area (TPSA) is 9.86 Å². The largest absolute Gasteiger partial charge is 0.255 e. The van der Waals surface area contributed by atoms with Crippen molar-refractivity contribution in [2.24, 2.45) is 7.05 Å². The van der Waals surface area contributed by atoms with E-state index in [1.165, 1.54) is 0 Å². The molecule has 0 saturated heterocycles. The molecule has 0 amide bonds. The summed E-state index contributed by atoms with van der Waals surface area (Å²) in [6.45, 7) is 8.03. The van der Waals surface area contributed by atoms with E-state index in [2.05, 4.69) is 19.6 Å². The summed E-state index contributed by atoms with van der Waals surface area (Å²) in [4.78, 5) is 1.06. The van der Waals surface area contributed by atoms with Gasteiger partial charge in [-0.25, -0.2) is 11.5 Å². The van der Waals surface area contributed by atoms with Crippen molar-refractivity contribution in [3.63, 3.8) is 0 Å². The SMILES string of the molecule is C=C(c1ccsc1[CH2-])n1ccn(C)[cH+]1.[Ir]. The Bertz CT molecular complexity index is 470. The van der Waals surface area contributed by atoms with E-state index >= 15 is 0 Å². The van der Waals surface area contributed by atoms with Gasteiger partial charge in [0.05, 0.1) is 0 Å². The minimum Gasteiger partial charge on any atom is -0.255 e. The molecule has 2 rings (SSSR count). The molecule has 2 aromatic rings. The van der Waals surface area contributed by atoms with Gasteiger partial charge in [-0.15, -0.1) is 10.9 Å². The molecule has 0 fully saturated rings. The van der Waals surface area contributed by atoms with Gasteiger partial charge in [0.2, 0.25) is 0 Å². The molecule has 0 aromatic carbocycles. The summed E-state index contributed by atoms with van der Waals surface area (Å²) in [6.07, 6.45) is 5.96. The smallest absolute Gasteiger partial charge is 0.164 e. The van der Waals surface area contributed by atoms with Crippen LogP contribution in [0.1, 0.15) is 10.4 Å². The van der Waals surface area contributed by atoms with Crippen molar-refractivity contribution in [2.75, 3.05) is 0 Å². The molecule has 0 atom stereocenters. The van der Waals surface area contributed by atoms with Crippen molar-refractivity contribution >= 4 is 17.0 Å². The van der Waals surface area contributed by atoms with E-state index in [-0.39, 0.29) is 20.1 Å². The first kappa shape index (κ1) is 12.2. The predicted octanol–water partition coefficient (Wildman–Crippen LogP) is 2.87. The summed E-state index contributed by atoms with van der Waals surface area (Å²) in [5.41, 5.74) is 2.09. The zero-order chi connectivity index (χ0) is 10.1. The van der Waals surface area contributed by atoms with Crippen LogP contribution in [0.4, 0.5) is 0 Å². The van der Waals surface area contributed by atoms with Gasteiger partial charge in [0.1, 0.15) is 12.4 Å². The van der Waals surface area contributed by atoms with Gasteiger partial charge in [0.25, 0.3) is 0 Å². The van der Waals surface area contributed by atoms with Gasteiger partial charge in [-0.3, -0.25) is 4.57 Å². The molecule has 81 valence electrons. The molecule has 0 aliphatic rings. The van der Waals surface area contributed by atoms with Crippen molar-refractivity contribution in [3.8, 4) is 0 Å². The Kier molecular flexibility index (Phi) is 3.91. The number of thiophene rings is 1. The van der Waals surface area contributed by atoms with Crippen LogP contribution < -0.4 is 0 Å². The molecule has 0 spiro atoms. The third-order valence-electron chi connectivity index (χ3n) is 2.14. The molecule has 0 aliphatic heterocycles. The summed E-state index contributed by atoms with van der Waals surface area (Å²) in [6, 6.07) is 2.05. The molecule has 2 heterocycles. The van der Waals surface area contributed by atoms with Crippen molar-refractivity contribution in [1.82, 2.24) is 9.13 Å². The van der Waals surface area contributed by atoms with Gasteiger partial charge in [-0.2, -0.15) is 11.3 Å². The molecule has 4 heteroatoms. The molecule has 0 bridgehead atoms. The maximum atomic E-state index is 4.06. The van der Waals surface area contributed by atoms with Crippen molar-refractivity contribution in [1.29, 1.82) is 0 Å². The number of nitrogens with zero attached hydrogens (tertiary/aromatic N) is 2. The maximum Gasteiger partial charge on any atom is 0.164 e. The molecule has 2 aromatic heterocycles. The average molecular weight is 397 g/mol. The summed E-state index contributed by atoms with van der Waals surface area (Å²) in [5, 5.41) is 2.03. The van der Waals surface area contributed by atoms with Gasteiger partial charge in [0.15, 0.2) is 6.33 Å². The molecular weight excluding hydrogens is 384 g/mol. The molecule has 1 radical (unpaired) electrons. The van der Waals surface area contributed by atoms with Gasteiger partial charge in [-0.05, 0) is 12.0 Å². The third-order valence-corrected chi connectivity index (χ3v) is 2.91. The van der Waals surface area contributed by atoms with Crippen LogP contribution in [0.2, 0.25) is 0 Å². The summed E-state index contributed by atoms with van der Waals surface area (Å²) in [5.74, 6) is 0. The standard InChI is InChI=1S/C11H12N2S.Ir/c1-9(11-4-7-14-10(11)2)13-6-5-12(3)8-13;/h4-8H,1-2H2,3H3;. The van der Waals surface area contributed by atoms with E-state index in [9.17, 15) is 0 Å². The second-order valence-corrected chi connectivity index (χ2v) is 4.19. The van der Waals surface area contributed by atoms with Crippen LogP contribution in [0, 0.1) is 6.92 Å². The molecule has 2 nitrogen and oxygen atoms in total. The van der Waals surface area contributed by atoms with E-state index in [1.54, 1.807) is 11.3 Å². The van der Waals surface area contributed by atoms with Crippen LogP contribution in [0.25, 0.3) is 5.70 Å². The molecular formula is C11H12IrN2S. The average Bonchev–Trinajstić information content (AvgIpc) is 2.73. The molecule has 15 heavy (non-hydrogen) atoms. The Hall–Kier alpha value is -0.831. The van der Waals surface area contributed by atoms with Crippen LogP contribution in [0.3, 0.4) is 0 Å². The molecule has 0 saturated carbocycles. The van der Waals surface area contributed by atoms with E-state index in [4.69, 9.17) is 0 Å². The Labute approximate surface area is 107 Å². The van der Waals surface area contributed by atoms with Crippen LogP contribution in [-0.4, -0.2) is 9.13 Å². The first-order valence-corrected chi connectivity index (χ1v) is 5.19. The first-order valence-electron chi connectivity index (χ1n) is 4.31. The second kappa shape index (κ2) is 4.79. The Morgan fingerprint density at radius 2 is 2.27 bits per heavy atom. The quantitative estimate of drug-likeness (QED) is 0.691. The number of aryl methyl sites for hydroxylation is 1. The zero-order valence-corrected chi connectivity index (χ0v) is 11.6. The van der Waals surface area contributed by atoms with Gasteiger partial charge >= 0.3 is 0 Å². The summed E-state index contributed by atoms with van der Waals surface area (Å²) < 4.78 is 3.98. The Morgan fingerprint density at radius 3 is 2.73 bits per heavy atom. The van der Waals surface area contributed by atoms with Crippen LogP contribution in [-0.2, 0) is 27.2 Å².